The number of hydrogen-bond donors (Lipinski definition) is 1. The summed E-state index contributed by atoms with van der Waals surface area (Å²) in [4.78, 5) is 1.25. The first-order valence-electron chi connectivity index (χ1n) is 6.95. The lowest BCUT2D eigenvalue weighted by Gasteiger charge is -2.15. The first kappa shape index (κ1) is 16.2. The molecular weight excluding hydrogens is 302 g/mol. The maximum Gasteiger partial charge on any atom is 0.119 e. The van der Waals surface area contributed by atoms with Crippen LogP contribution in [0.4, 0.5) is 0 Å². The molecule has 0 spiro atoms. The standard InChI is InChI=1S/C17H20ClNOS/c1-13(14-4-3-5-16(12-14)20-2)19-10-11-21-17-8-6-15(18)7-9-17/h3-9,12-13,19H,10-11H2,1-2H3/t13-/m1/s1. The number of thioether (sulfide) groups is 1. The minimum absolute atomic E-state index is 0.311. The van der Waals surface area contributed by atoms with Gasteiger partial charge in [-0.1, -0.05) is 23.7 Å². The fourth-order valence-corrected chi connectivity index (χ4v) is 2.91. The Morgan fingerprint density at radius 2 is 1.95 bits per heavy atom. The number of nitrogens with one attached hydrogen (secondary N) is 1. The summed E-state index contributed by atoms with van der Waals surface area (Å²) < 4.78 is 5.26. The van der Waals surface area contributed by atoms with Crippen molar-refractivity contribution in [1.82, 2.24) is 5.32 Å². The summed E-state index contributed by atoms with van der Waals surface area (Å²) >= 11 is 7.70. The van der Waals surface area contributed by atoms with Gasteiger partial charge in [-0.3, -0.25) is 0 Å². The van der Waals surface area contributed by atoms with Gasteiger partial charge in [0, 0.05) is 28.3 Å². The monoisotopic (exact) mass is 321 g/mol. The van der Waals surface area contributed by atoms with Crippen LogP contribution in [0.15, 0.2) is 53.4 Å². The zero-order valence-corrected chi connectivity index (χ0v) is 13.9. The third-order valence-corrected chi connectivity index (χ3v) is 4.49. The van der Waals surface area contributed by atoms with Crippen LogP contribution in [0, 0.1) is 0 Å². The lowest BCUT2D eigenvalue weighted by molar-refractivity contribution is 0.413. The fourth-order valence-electron chi connectivity index (χ4n) is 2.00. The molecule has 0 aliphatic carbocycles. The predicted molar refractivity (Wildman–Crippen MR) is 91.6 cm³/mol. The van der Waals surface area contributed by atoms with E-state index in [1.165, 1.54) is 10.5 Å². The molecule has 0 unspecified atom stereocenters. The van der Waals surface area contributed by atoms with Crippen LogP contribution in [-0.2, 0) is 0 Å². The van der Waals surface area contributed by atoms with E-state index in [0.29, 0.717) is 6.04 Å². The van der Waals surface area contributed by atoms with Crippen molar-refractivity contribution in [3.05, 3.63) is 59.1 Å². The van der Waals surface area contributed by atoms with Crippen molar-refractivity contribution in [3.8, 4) is 5.75 Å². The van der Waals surface area contributed by atoms with Gasteiger partial charge in [0.15, 0.2) is 0 Å². The highest BCUT2D eigenvalue weighted by atomic mass is 35.5. The Hall–Kier alpha value is -1.16. The molecule has 2 nitrogen and oxygen atoms in total. The normalized spacial score (nSPS) is 12.1. The number of ether oxygens (including phenoxy) is 1. The van der Waals surface area contributed by atoms with Gasteiger partial charge in [-0.05, 0) is 48.9 Å². The van der Waals surface area contributed by atoms with Gasteiger partial charge in [-0.2, -0.15) is 0 Å². The molecule has 0 radical (unpaired) electrons. The van der Waals surface area contributed by atoms with Gasteiger partial charge in [0.2, 0.25) is 0 Å². The van der Waals surface area contributed by atoms with Gasteiger partial charge in [-0.25, -0.2) is 0 Å². The highest BCUT2D eigenvalue weighted by Gasteiger charge is 2.05. The van der Waals surface area contributed by atoms with Gasteiger partial charge in [-0.15, -0.1) is 11.8 Å². The molecule has 2 aromatic carbocycles. The van der Waals surface area contributed by atoms with Gasteiger partial charge in [0.05, 0.1) is 7.11 Å². The Bertz CT molecular complexity index is 559. The summed E-state index contributed by atoms with van der Waals surface area (Å²) in [7, 11) is 1.69. The molecule has 0 bridgehead atoms. The zero-order chi connectivity index (χ0) is 15.1. The van der Waals surface area contributed by atoms with Crippen LogP contribution >= 0.6 is 23.4 Å². The summed E-state index contributed by atoms with van der Waals surface area (Å²) in [5.41, 5.74) is 1.24. The summed E-state index contributed by atoms with van der Waals surface area (Å²) in [5.74, 6) is 1.92. The average molecular weight is 322 g/mol. The molecule has 112 valence electrons. The maximum absolute atomic E-state index is 5.88. The van der Waals surface area contributed by atoms with Crippen molar-refractivity contribution in [2.45, 2.75) is 17.9 Å². The molecule has 0 saturated carbocycles. The van der Waals surface area contributed by atoms with Crippen molar-refractivity contribution in [2.24, 2.45) is 0 Å². The quantitative estimate of drug-likeness (QED) is 0.585. The summed E-state index contributed by atoms with van der Waals surface area (Å²) in [6, 6.07) is 16.5. The zero-order valence-electron chi connectivity index (χ0n) is 12.3. The highest BCUT2D eigenvalue weighted by molar-refractivity contribution is 7.99. The van der Waals surface area contributed by atoms with E-state index in [1.54, 1.807) is 7.11 Å². The molecule has 1 atom stereocenters. The van der Waals surface area contributed by atoms with Gasteiger partial charge in [0.1, 0.15) is 5.75 Å². The molecule has 0 amide bonds. The van der Waals surface area contributed by atoms with Crippen LogP contribution in [0.3, 0.4) is 0 Å². The van der Waals surface area contributed by atoms with Gasteiger partial charge < -0.3 is 10.1 Å². The second kappa shape index (κ2) is 8.32. The van der Waals surface area contributed by atoms with E-state index in [0.717, 1.165) is 23.1 Å². The van der Waals surface area contributed by atoms with Gasteiger partial charge >= 0.3 is 0 Å². The van der Waals surface area contributed by atoms with Crippen LogP contribution < -0.4 is 10.1 Å². The van der Waals surface area contributed by atoms with Crippen molar-refractivity contribution in [2.75, 3.05) is 19.4 Å². The highest BCUT2D eigenvalue weighted by Crippen LogP contribution is 2.21. The molecule has 2 rings (SSSR count). The molecule has 0 heterocycles. The number of hydrogen-bond acceptors (Lipinski definition) is 3. The van der Waals surface area contributed by atoms with E-state index in [9.17, 15) is 0 Å². The largest absolute Gasteiger partial charge is 0.497 e. The van der Waals surface area contributed by atoms with E-state index in [4.69, 9.17) is 16.3 Å². The van der Waals surface area contributed by atoms with E-state index < -0.39 is 0 Å². The Morgan fingerprint density at radius 1 is 1.19 bits per heavy atom. The van der Waals surface area contributed by atoms with Gasteiger partial charge in [0.25, 0.3) is 0 Å². The Labute approximate surface area is 135 Å². The van der Waals surface area contributed by atoms with Crippen LogP contribution in [-0.4, -0.2) is 19.4 Å². The topological polar surface area (TPSA) is 21.3 Å². The van der Waals surface area contributed by atoms with E-state index in [1.807, 2.05) is 36.0 Å². The lowest BCUT2D eigenvalue weighted by atomic mass is 10.1. The summed E-state index contributed by atoms with van der Waals surface area (Å²) in [6.45, 7) is 3.12. The Morgan fingerprint density at radius 3 is 2.67 bits per heavy atom. The van der Waals surface area contributed by atoms with Crippen molar-refractivity contribution < 1.29 is 4.74 Å². The van der Waals surface area contributed by atoms with Crippen molar-refractivity contribution in [1.29, 1.82) is 0 Å². The summed E-state index contributed by atoms with van der Waals surface area (Å²) in [5, 5.41) is 4.31. The number of halogens is 1. The smallest absolute Gasteiger partial charge is 0.119 e. The van der Waals surface area contributed by atoms with Crippen LogP contribution in [0.1, 0.15) is 18.5 Å². The molecule has 0 aliphatic heterocycles. The second-order valence-electron chi connectivity index (χ2n) is 4.75. The SMILES string of the molecule is COc1cccc([C@@H](C)NCCSc2ccc(Cl)cc2)c1. The van der Waals surface area contributed by atoms with E-state index in [2.05, 4.69) is 36.5 Å². The van der Waals surface area contributed by atoms with Crippen molar-refractivity contribution >= 4 is 23.4 Å². The molecule has 0 aliphatic rings. The Kier molecular flexibility index (Phi) is 6.43. The van der Waals surface area contributed by atoms with Crippen LogP contribution in [0.2, 0.25) is 5.02 Å². The average Bonchev–Trinajstić information content (AvgIpc) is 2.53. The minimum Gasteiger partial charge on any atom is -0.497 e. The molecule has 0 fully saturated rings. The molecule has 0 saturated heterocycles. The Balaban J connectivity index is 1.76. The number of benzene rings is 2. The third-order valence-electron chi connectivity index (χ3n) is 3.23. The summed E-state index contributed by atoms with van der Waals surface area (Å²) in [6.07, 6.45) is 0. The maximum atomic E-state index is 5.88. The lowest BCUT2D eigenvalue weighted by Crippen LogP contribution is -2.21. The van der Waals surface area contributed by atoms with E-state index in [-0.39, 0.29) is 0 Å². The molecule has 0 aromatic heterocycles. The number of rotatable bonds is 7. The molecule has 2 aromatic rings. The minimum atomic E-state index is 0.311. The third kappa shape index (κ3) is 5.27. The molecular formula is C17H20ClNOS. The van der Waals surface area contributed by atoms with Crippen molar-refractivity contribution in [3.63, 3.8) is 0 Å². The first-order chi connectivity index (χ1) is 10.2. The predicted octanol–water partition coefficient (Wildman–Crippen LogP) is 4.79. The molecule has 1 N–H and O–H groups in total. The van der Waals surface area contributed by atoms with Crippen LogP contribution in [0.25, 0.3) is 0 Å². The van der Waals surface area contributed by atoms with E-state index >= 15 is 0 Å². The first-order valence-corrected chi connectivity index (χ1v) is 8.31. The molecule has 4 heteroatoms. The second-order valence-corrected chi connectivity index (χ2v) is 6.36. The molecule has 21 heavy (non-hydrogen) atoms. The van der Waals surface area contributed by atoms with Crippen LogP contribution in [0.5, 0.6) is 5.75 Å². The number of methoxy groups -OCH3 is 1. The fraction of sp³-hybridized carbons (Fsp3) is 0.294.